The molecule has 6 heteroatoms. The molecule has 1 aromatic carbocycles. The molecular weight excluding hydrogens is 280 g/mol. The Bertz CT molecular complexity index is 523. The Labute approximate surface area is 119 Å². The number of hydrogen-bond acceptors (Lipinski definition) is 5. The molecule has 1 aliphatic rings. The molecular formula is C14H20O5S. The van der Waals surface area contributed by atoms with Crippen LogP contribution in [-0.2, 0) is 24.1 Å². The van der Waals surface area contributed by atoms with Gasteiger partial charge in [-0.05, 0) is 44.2 Å². The van der Waals surface area contributed by atoms with E-state index in [4.69, 9.17) is 14.0 Å². The number of aryl methyl sites for hydroxylation is 1. The lowest BCUT2D eigenvalue weighted by atomic mass is 10.2. The van der Waals surface area contributed by atoms with E-state index in [0.29, 0.717) is 19.1 Å². The van der Waals surface area contributed by atoms with Crippen molar-refractivity contribution in [1.29, 1.82) is 0 Å². The van der Waals surface area contributed by atoms with Crippen molar-refractivity contribution in [3.8, 4) is 0 Å². The quantitative estimate of drug-likeness (QED) is 0.319. The molecule has 0 saturated heterocycles. The third-order valence-corrected chi connectivity index (χ3v) is 4.60. The molecule has 1 aliphatic carbocycles. The van der Waals surface area contributed by atoms with Crippen molar-refractivity contribution >= 4 is 10.1 Å². The maximum atomic E-state index is 12.0. The monoisotopic (exact) mass is 300 g/mol. The SMILES string of the molecule is CCOOC[C@@H]1C[C@H]1COS(=O)(=O)c1ccc(C)cc1. The lowest BCUT2D eigenvalue weighted by molar-refractivity contribution is -0.294. The first-order valence-electron chi connectivity index (χ1n) is 6.73. The minimum atomic E-state index is -3.65. The molecule has 0 amide bonds. The molecule has 20 heavy (non-hydrogen) atoms. The van der Waals surface area contributed by atoms with E-state index in [2.05, 4.69) is 0 Å². The Balaban J connectivity index is 1.78. The van der Waals surface area contributed by atoms with Crippen LogP contribution in [0.2, 0.25) is 0 Å². The van der Waals surface area contributed by atoms with Gasteiger partial charge in [-0.15, -0.1) is 0 Å². The second-order valence-electron chi connectivity index (χ2n) is 5.00. The first kappa shape index (κ1) is 15.4. The van der Waals surface area contributed by atoms with E-state index in [1.807, 2.05) is 13.8 Å². The van der Waals surface area contributed by atoms with Gasteiger partial charge in [-0.1, -0.05) is 17.7 Å². The van der Waals surface area contributed by atoms with Crippen LogP contribution in [-0.4, -0.2) is 28.2 Å². The van der Waals surface area contributed by atoms with Crippen molar-refractivity contribution in [3.63, 3.8) is 0 Å². The van der Waals surface area contributed by atoms with Gasteiger partial charge in [-0.2, -0.15) is 8.42 Å². The number of hydrogen-bond donors (Lipinski definition) is 0. The molecule has 0 N–H and O–H groups in total. The highest BCUT2D eigenvalue weighted by Crippen LogP contribution is 2.39. The van der Waals surface area contributed by atoms with E-state index in [1.165, 1.54) is 0 Å². The fraction of sp³-hybridized carbons (Fsp3) is 0.571. The molecule has 0 radical (unpaired) electrons. The highest BCUT2D eigenvalue weighted by atomic mass is 32.2. The first-order chi connectivity index (χ1) is 9.53. The third-order valence-electron chi connectivity index (χ3n) is 3.30. The van der Waals surface area contributed by atoms with Gasteiger partial charge in [-0.25, -0.2) is 9.78 Å². The largest absolute Gasteiger partial charge is 0.296 e. The molecule has 0 unspecified atom stereocenters. The van der Waals surface area contributed by atoms with Crippen LogP contribution in [0.15, 0.2) is 29.2 Å². The zero-order valence-corrected chi connectivity index (χ0v) is 12.6. The summed E-state index contributed by atoms with van der Waals surface area (Å²) in [5, 5.41) is 0. The third kappa shape index (κ3) is 4.28. The average Bonchev–Trinajstić information content (AvgIpc) is 3.16. The summed E-state index contributed by atoms with van der Waals surface area (Å²) in [6.07, 6.45) is 0.913. The second-order valence-corrected chi connectivity index (χ2v) is 6.61. The van der Waals surface area contributed by atoms with Crippen molar-refractivity contribution in [3.05, 3.63) is 29.8 Å². The van der Waals surface area contributed by atoms with Gasteiger partial charge < -0.3 is 0 Å². The van der Waals surface area contributed by atoms with Gasteiger partial charge in [0.2, 0.25) is 0 Å². The summed E-state index contributed by atoms with van der Waals surface area (Å²) in [4.78, 5) is 9.96. The zero-order valence-electron chi connectivity index (χ0n) is 11.7. The van der Waals surface area contributed by atoms with Crippen LogP contribution < -0.4 is 0 Å². The van der Waals surface area contributed by atoms with Crippen LogP contribution in [0, 0.1) is 18.8 Å². The van der Waals surface area contributed by atoms with Gasteiger partial charge in [-0.3, -0.25) is 4.18 Å². The van der Waals surface area contributed by atoms with E-state index in [1.54, 1.807) is 24.3 Å². The topological polar surface area (TPSA) is 61.8 Å². The molecule has 2 atom stereocenters. The van der Waals surface area contributed by atoms with Crippen LogP contribution in [0.25, 0.3) is 0 Å². The second kappa shape index (κ2) is 6.67. The normalized spacial score (nSPS) is 21.9. The van der Waals surface area contributed by atoms with E-state index in [9.17, 15) is 8.42 Å². The Kier molecular flexibility index (Phi) is 5.15. The minimum absolute atomic E-state index is 0.200. The number of rotatable bonds is 8. The first-order valence-corrected chi connectivity index (χ1v) is 8.14. The molecule has 0 heterocycles. The molecule has 1 fully saturated rings. The van der Waals surface area contributed by atoms with E-state index in [0.717, 1.165) is 12.0 Å². The van der Waals surface area contributed by atoms with Crippen molar-refractivity contribution in [2.24, 2.45) is 11.8 Å². The smallest absolute Gasteiger partial charge is 0.266 e. The van der Waals surface area contributed by atoms with Crippen molar-refractivity contribution in [2.45, 2.75) is 25.2 Å². The fourth-order valence-corrected chi connectivity index (χ4v) is 2.85. The molecule has 2 rings (SSSR count). The molecule has 1 saturated carbocycles. The number of benzene rings is 1. The van der Waals surface area contributed by atoms with E-state index < -0.39 is 10.1 Å². The summed E-state index contributed by atoms with van der Waals surface area (Å²) in [6.45, 7) is 4.96. The Morgan fingerprint density at radius 1 is 1.10 bits per heavy atom. The van der Waals surface area contributed by atoms with Crippen LogP contribution in [0.5, 0.6) is 0 Å². The van der Waals surface area contributed by atoms with Crippen LogP contribution in [0.3, 0.4) is 0 Å². The van der Waals surface area contributed by atoms with Gasteiger partial charge in [0, 0.05) is 0 Å². The van der Waals surface area contributed by atoms with Gasteiger partial charge >= 0.3 is 0 Å². The molecule has 1 aromatic rings. The van der Waals surface area contributed by atoms with Crippen molar-refractivity contribution < 1.29 is 22.4 Å². The summed E-state index contributed by atoms with van der Waals surface area (Å²) in [6, 6.07) is 6.64. The van der Waals surface area contributed by atoms with Gasteiger partial charge in [0.25, 0.3) is 10.1 Å². The summed E-state index contributed by atoms with van der Waals surface area (Å²) in [7, 11) is -3.65. The average molecular weight is 300 g/mol. The predicted octanol–water partition coefficient (Wildman–Crippen LogP) is 2.30. The van der Waals surface area contributed by atoms with Crippen LogP contribution in [0.1, 0.15) is 18.9 Å². The molecule has 0 spiro atoms. The Hall–Kier alpha value is -0.950. The fourth-order valence-electron chi connectivity index (χ4n) is 1.89. The summed E-state index contributed by atoms with van der Waals surface area (Å²) in [5.41, 5.74) is 1.01. The summed E-state index contributed by atoms with van der Waals surface area (Å²) in [5.74, 6) is 0.561. The van der Waals surface area contributed by atoms with Gasteiger partial charge in [0.05, 0.1) is 24.7 Å². The summed E-state index contributed by atoms with van der Waals surface area (Å²) < 4.78 is 29.0. The summed E-state index contributed by atoms with van der Waals surface area (Å²) >= 11 is 0. The molecule has 0 bridgehead atoms. The predicted molar refractivity (Wildman–Crippen MR) is 73.5 cm³/mol. The van der Waals surface area contributed by atoms with Crippen LogP contribution in [0.4, 0.5) is 0 Å². The highest BCUT2D eigenvalue weighted by Gasteiger charge is 2.38. The van der Waals surface area contributed by atoms with E-state index >= 15 is 0 Å². The minimum Gasteiger partial charge on any atom is -0.266 e. The molecule has 112 valence electrons. The molecule has 0 aliphatic heterocycles. The lowest BCUT2D eigenvalue weighted by Gasteiger charge is -2.06. The maximum absolute atomic E-state index is 12.0. The lowest BCUT2D eigenvalue weighted by Crippen LogP contribution is -2.10. The highest BCUT2D eigenvalue weighted by molar-refractivity contribution is 7.86. The van der Waals surface area contributed by atoms with Crippen molar-refractivity contribution in [1.82, 2.24) is 0 Å². The Morgan fingerprint density at radius 2 is 1.75 bits per heavy atom. The van der Waals surface area contributed by atoms with Gasteiger partial charge in [0.1, 0.15) is 0 Å². The van der Waals surface area contributed by atoms with Gasteiger partial charge in [0.15, 0.2) is 0 Å². The van der Waals surface area contributed by atoms with Crippen molar-refractivity contribution in [2.75, 3.05) is 19.8 Å². The zero-order chi connectivity index (χ0) is 14.6. The standard InChI is InChI=1S/C14H20O5S/c1-3-17-18-9-12-8-13(12)10-19-20(15,16)14-6-4-11(2)5-7-14/h4-7,12-13H,3,8-10H2,1-2H3/t12-,13-/m0/s1. The molecule has 0 aromatic heterocycles. The van der Waals surface area contributed by atoms with Crippen LogP contribution >= 0.6 is 0 Å². The molecule has 5 nitrogen and oxygen atoms in total. The van der Waals surface area contributed by atoms with E-state index in [-0.39, 0.29) is 17.4 Å². The maximum Gasteiger partial charge on any atom is 0.296 e. The Morgan fingerprint density at radius 3 is 2.40 bits per heavy atom.